The molecule has 0 saturated carbocycles. The number of nitrogens with zero attached hydrogens (tertiary/aromatic N) is 2. The Labute approximate surface area is 146 Å². The molecule has 1 aromatic carbocycles. The van der Waals surface area contributed by atoms with Crippen LogP contribution in [0.25, 0.3) is 0 Å². The Morgan fingerprint density at radius 1 is 1.32 bits per heavy atom. The average Bonchev–Trinajstić information content (AvgIpc) is 2.96. The zero-order valence-electron chi connectivity index (χ0n) is 14.0. The molecular formula is C17H23FN4O3. The van der Waals surface area contributed by atoms with E-state index in [4.69, 9.17) is 4.74 Å². The highest BCUT2D eigenvalue weighted by atomic mass is 19.1. The molecule has 2 saturated heterocycles. The van der Waals surface area contributed by atoms with Gasteiger partial charge in [-0.2, -0.15) is 0 Å². The molecule has 0 aliphatic carbocycles. The molecule has 8 heteroatoms. The van der Waals surface area contributed by atoms with Gasteiger partial charge in [0.25, 0.3) is 0 Å². The van der Waals surface area contributed by atoms with Crippen molar-refractivity contribution in [3.63, 3.8) is 0 Å². The fraction of sp³-hybridized carbons (Fsp3) is 0.529. The van der Waals surface area contributed by atoms with Gasteiger partial charge >= 0.3 is 6.03 Å². The molecule has 25 heavy (non-hydrogen) atoms. The maximum absolute atomic E-state index is 13.3. The molecule has 2 heterocycles. The van der Waals surface area contributed by atoms with Gasteiger partial charge in [0.05, 0.1) is 19.3 Å². The zero-order valence-corrected chi connectivity index (χ0v) is 14.0. The van der Waals surface area contributed by atoms with Crippen LogP contribution in [0.3, 0.4) is 0 Å². The van der Waals surface area contributed by atoms with Crippen molar-refractivity contribution in [3.8, 4) is 0 Å². The van der Waals surface area contributed by atoms with Gasteiger partial charge in [-0.05, 0) is 18.2 Å². The second-order valence-electron chi connectivity index (χ2n) is 6.24. The standard InChI is InChI=1S/C17H23FN4O3/c18-13-2-1-3-15(10-13)22-12-14(11-16(22)23)20-17(24)19-4-5-21-6-8-25-9-7-21/h1-3,10,14H,4-9,11-12H2,(H2,19,20,24). The first-order valence-corrected chi connectivity index (χ1v) is 8.52. The summed E-state index contributed by atoms with van der Waals surface area (Å²) in [5.41, 5.74) is 0.516. The molecule has 2 N–H and O–H groups in total. The van der Waals surface area contributed by atoms with Crippen LogP contribution in [0.1, 0.15) is 6.42 Å². The lowest BCUT2D eigenvalue weighted by Gasteiger charge is -2.26. The Morgan fingerprint density at radius 3 is 2.88 bits per heavy atom. The number of carbonyl (C=O) groups excluding carboxylic acids is 2. The van der Waals surface area contributed by atoms with Crippen LogP contribution < -0.4 is 15.5 Å². The van der Waals surface area contributed by atoms with Crippen LogP contribution in [0.5, 0.6) is 0 Å². The predicted molar refractivity (Wildman–Crippen MR) is 91.0 cm³/mol. The minimum atomic E-state index is -0.387. The Kier molecular flexibility index (Phi) is 5.83. The monoisotopic (exact) mass is 350 g/mol. The summed E-state index contributed by atoms with van der Waals surface area (Å²) in [7, 11) is 0. The Hall–Kier alpha value is -2.19. The number of rotatable bonds is 5. The van der Waals surface area contributed by atoms with Crippen molar-refractivity contribution >= 4 is 17.6 Å². The van der Waals surface area contributed by atoms with Gasteiger partial charge in [-0.3, -0.25) is 9.69 Å². The molecule has 2 aliphatic heterocycles. The number of hydrogen-bond donors (Lipinski definition) is 2. The molecule has 1 atom stereocenters. The molecule has 7 nitrogen and oxygen atoms in total. The first kappa shape index (κ1) is 17.6. The number of carbonyl (C=O) groups is 2. The van der Waals surface area contributed by atoms with Gasteiger partial charge in [0.15, 0.2) is 0 Å². The summed E-state index contributed by atoms with van der Waals surface area (Å²) < 4.78 is 18.6. The predicted octanol–water partition coefficient (Wildman–Crippen LogP) is 0.562. The van der Waals surface area contributed by atoms with E-state index in [-0.39, 0.29) is 30.2 Å². The molecular weight excluding hydrogens is 327 g/mol. The number of morpholine rings is 1. The number of anilines is 1. The topological polar surface area (TPSA) is 73.9 Å². The van der Waals surface area contributed by atoms with Crippen molar-refractivity contribution in [1.29, 1.82) is 0 Å². The molecule has 0 spiro atoms. The first-order chi connectivity index (χ1) is 12.1. The van der Waals surface area contributed by atoms with Gasteiger partial charge in [-0.1, -0.05) is 6.07 Å². The van der Waals surface area contributed by atoms with E-state index in [9.17, 15) is 14.0 Å². The van der Waals surface area contributed by atoms with E-state index in [1.807, 2.05) is 0 Å². The highest BCUT2D eigenvalue weighted by molar-refractivity contribution is 5.96. The third-order valence-electron chi connectivity index (χ3n) is 4.40. The van der Waals surface area contributed by atoms with Crippen LogP contribution in [0, 0.1) is 5.82 Å². The van der Waals surface area contributed by atoms with Crippen molar-refractivity contribution < 1.29 is 18.7 Å². The zero-order chi connectivity index (χ0) is 17.6. The van der Waals surface area contributed by atoms with Crippen molar-refractivity contribution in [2.45, 2.75) is 12.5 Å². The number of hydrogen-bond acceptors (Lipinski definition) is 4. The van der Waals surface area contributed by atoms with E-state index in [0.29, 0.717) is 18.8 Å². The quantitative estimate of drug-likeness (QED) is 0.814. The Balaban J connectivity index is 1.42. The van der Waals surface area contributed by atoms with Crippen molar-refractivity contribution in [2.75, 3.05) is 50.8 Å². The number of nitrogens with one attached hydrogen (secondary N) is 2. The van der Waals surface area contributed by atoms with Gasteiger partial charge in [0.1, 0.15) is 5.82 Å². The highest BCUT2D eigenvalue weighted by Crippen LogP contribution is 2.22. The summed E-state index contributed by atoms with van der Waals surface area (Å²) in [4.78, 5) is 27.8. The summed E-state index contributed by atoms with van der Waals surface area (Å²) in [6, 6.07) is 5.35. The van der Waals surface area contributed by atoms with Gasteiger partial charge in [0, 0.05) is 44.8 Å². The van der Waals surface area contributed by atoms with Crippen LogP contribution >= 0.6 is 0 Å². The second-order valence-corrected chi connectivity index (χ2v) is 6.24. The molecule has 3 amide bonds. The Morgan fingerprint density at radius 2 is 2.12 bits per heavy atom. The molecule has 1 aromatic rings. The normalized spacial score (nSPS) is 21.4. The van der Waals surface area contributed by atoms with Gasteiger partial charge in [-0.15, -0.1) is 0 Å². The molecule has 0 bridgehead atoms. The molecule has 3 rings (SSSR count). The van der Waals surface area contributed by atoms with Crippen LogP contribution in [0.4, 0.5) is 14.9 Å². The van der Waals surface area contributed by atoms with E-state index < -0.39 is 0 Å². The SMILES string of the molecule is O=C(NCCN1CCOCC1)NC1CC(=O)N(c2cccc(F)c2)C1. The average molecular weight is 350 g/mol. The largest absolute Gasteiger partial charge is 0.379 e. The first-order valence-electron chi connectivity index (χ1n) is 8.52. The highest BCUT2D eigenvalue weighted by Gasteiger charge is 2.31. The van der Waals surface area contributed by atoms with Crippen LogP contribution in [-0.2, 0) is 9.53 Å². The van der Waals surface area contributed by atoms with Crippen molar-refractivity contribution in [1.82, 2.24) is 15.5 Å². The van der Waals surface area contributed by atoms with Gasteiger partial charge in [0.2, 0.25) is 5.91 Å². The van der Waals surface area contributed by atoms with E-state index in [2.05, 4.69) is 15.5 Å². The summed E-state index contributed by atoms with van der Waals surface area (Å²) in [5.74, 6) is -0.508. The van der Waals surface area contributed by atoms with Crippen LogP contribution in [-0.4, -0.2) is 68.8 Å². The fourth-order valence-corrected chi connectivity index (χ4v) is 3.09. The minimum absolute atomic E-state index is 0.121. The summed E-state index contributed by atoms with van der Waals surface area (Å²) >= 11 is 0. The summed E-state index contributed by atoms with van der Waals surface area (Å²) in [6.07, 6.45) is 0.216. The number of benzene rings is 1. The molecule has 136 valence electrons. The second kappa shape index (κ2) is 8.26. The summed E-state index contributed by atoms with van der Waals surface area (Å²) in [6.45, 7) is 4.87. The van der Waals surface area contributed by atoms with Gasteiger partial charge in [-0.25, -0.2) is 9.18 Å². The lowest BCUT2D eigenvalue weighted by atomic mass is 10.2. The van der Waals surface area contributed by atoms with E-state index in [1.54, 1.807) is 12.1 Å². The van der Waals surface area contributed by atoms with E-state index in [0.717, 1.165) is 32.8 Å². The van der Waals surface area contributed by atoms with E-state index in [1.165, 1.54) is 17.0 Å². The smallest absolute Gasteiger partial charge is 0.315 e. The lowest BCUT2D eigenvalue weighted by Crippen LogP contribution is -2.46. The molecule has 2 fully saturated rings. The van der Waals surface area contributed by atoms with Crippen molar-refractivity contribution in [2.24, 2.45) is 0 Å². The minimum Gasteiger partial charge on any atom is -0.379 e. The lowest BCUT2D eigenvalue weighted by molar-refractivity contribution is -0.117. The molecule has 2 aliphatic rings. The van der Waals surface area contributed by atoms with Crippen molar-refractivity contribution in [3.05, 3.63) is 30.1 Å². The third-order valence-corrected chi connectivity index (χ3v) is 4.40. The molecule has 0 aromatic heterocycles. The number of amides is 3. The van der Waals surface area contributed by atoms with Gasteiger partial charge < -0.3 is 20.3 Å². The number of ether oxygens (including phenoxy) is 1. The summed E-state index contributed by atoms with van der Waals surface area (Å²) in [5, 5.41) is 5.62. The Bertz CT molecular complexity index is 622. The maximum Gasteiger partial charge on any atom is 0.315 e. The maximum atomic E-state index is 13.3. The third kappa shape index (κ3) is 4.90. The number of urea groups is 1. The molecule has 1 unspecified atom stereocenters. The van der Waals surface area contributed by atoms with E-state index >= 15 is 0 Å². The molecule has 0 radical (unpaired) electrons. The van der Waals surface area contributed by atoms with Crippen LogP contribution in [0.15, 0.2) is 24.3 Å². The van der Waals surface area contributed by atoms with Crippen LogP contribution in [0.2, 0.25) is 0 Å². The number of halogens is 1. The fourth-order valence-electron chi connectivity index (χ4n) is 3.09.